The third kappa shape index (κ3) is 38.9. The summed E-state index contributed by atoms with van der Waals surface area (Å²) in [5, 5.41) is 23.7. The van der Waals surface area contributed by atoms with Crippen LogP contribution < -0.4 is 5.32 Å². The van der Waals surface area contributed by atoms with Crippen molar-refractivity contribution < 1.29 is 24.5 Å². The Morgan fingerprint density at radius 3 is 1.45 bits per heavy atom. The molecule has 0 rings (SSSR count). The highest BCUT2D eigenvalue weighted by Crippen LogP contribution is 2.18. The van der Waals surface area contributed by atoms with Crippen molar-refractivity contribution in [1.82, 2.24) is 5.32 Å². The number of carbonyl (C=O) groups is 2. The lowest BCUT2D eigenvalue weighted by Crippen LogP contribution is -2.46. The molecule has 3 unspecified atom stereocenters. The Kier molecular flexibility index (Phi) is 42.7. The molecule has 0 heterocycles. The first-order valence-corrected chi connectivity index (χ1v) is 24.2. The molecule has 0 aromatic carbocycles. The predicted octanol–water partition coefficient (Wildman–Crippen LogP) is 14.1. The minimum absolute atomic E-state index is 0.0726. The molecule has 0 fully saturated rings. The zero-order chi connectivity index (χ0) is 41.0. The molecule has 0 bridgehead atoms. The summed E-state index contributed by atoms with van der Waals surface area (Å²) >= 11 is 0. The van der Waals surface area contributed by atoms with Crippen LogP contribution in [0.15, 0.2) is 36.5 Å². The average Bonchev–Trinajstić information content (AvgIpc) is 3.19. The number of allylic oxidation sites excluding steroid dienone is 6. The van der Waals surface area contributed by atoms with Crippen molar-refractivity contribution in [3.63, 3.8) is 0 Å². The van der Waals surface area contributed by atoms with Crippen LogP contribution in [0.5, 0.6) is 0 Å². The molecular weight excluding hydrogens is 695 g/mol. The van der Waals surface area contributed by atoms with Crippen molar-refractivity contribution in [2.45, 2.75) is 264 Å². The van der Waals surface area contributed by atoms with Crippen LogP contribution in [0.2, 0.25) is 0 Å². The fourth-order valence-corrected chi connectivity index (χ4v) is 7.37. The van der Waals surface area contributed by atoms with Gasteiger partial charge in [-0.3, -0.25) is 9.59 Å². The van der Waals surface area contributed by atoms with E-state index in [1.54, 1.807) is 0 Å². The van der Waals surface area contributed by atoms with Gasteiger partial charge in [0, 0.05) is 6.42 Å². The number of nitrogens with one attached hydrogen (secondary N) is 1. The summed E-state index contributed by atoms with van der Waals surface area (Å²) in [6, 6.07) is -0.701. The van der Waals surface area contributed by atoms with E-state index in [0.29, 0.717) is 19.3 Å². The highest BCUT2D eigenvalue weighted by molar-refractivity contribution is 5.77. The number of aliphatic hydroxyl groups excluding tert-OH is 2. The predicted molar refractivity (Wildman–Crippen MR) is 241 cm³/mol. The van der Waals surface area contributed by atoms with Gasteiger partial charge in [-0.25, -0.2) is 0 Å². The zero-order valence-electron chi connectivity index (χ0n) is 37.3. The third-order valence-electron chi connectivity index (χ3n) is 11.0. The molecule has 56 heavy (non-hydrogen) atoms. The molecule has 0 aliphatic rings. The first-order chi connectivity index (χ1) is 27.5. The maximum Gasteiger partial charge on any atom is 0.306 e. The molecule has 0 saturated heterocycles. The first-order valence-electron chi connectivity index (χ1n) is 24.2. The van der Waals surface area contributed by atoms with Gasteiger partial charge in [0.25, 0.3) is 0 Å². The van der Waals surface area contributed by atoms with E-state index in [2.05, 4.69) is 62.5 Å². The quantitative estimate of drug-likeness (QED) is 0.0325. The fourth-order valence-electron chi connectivity index (χ4n) is 7.37. The van der Waals surface area contributed by atoms with E-state index in [9.17, 15) is 19.8 Å². The van der Waals surface area contributed by atoms with E-state index >= 15 is 0 Å². The first kappa shape index (κ1) is 54.1. The molecule has 0 saturated carbocycles. The van der Waals surface area contributed by atoms with E-state index in [0.717, 1.165) is 77.0 Å². The molecule has 0 aliphatic heterocycles. The minimum Gasteiger partial charge on any atom is -0.462 e. The van der Waals surface area contributed by atoms with Gasteiger partial charge in [0.2, 0.25) is 5.91 Å². The van der Waals surface area contributed by atoms with E-state index < -0.39 is 18.2 Å². The van der Waals surface area contributed by atoms with Crippen molar-refractivity contribution in [2.75, 3.05) is 6.61 Å². The number of rotatable bonds is 43. The second kappa shape index (κ2) is 44.2. The second-order valence-electron chi connectivity index (χ2n) is 16.6. The lowest BCUT2D eigenvalue weighted by atomic mass is 10.0. The Balaban J connectivity index is 4.59. The van der Waals surface area contributed by atoms with Gasteiger partial charge in [-0.2, -0.15) is 0 Å². The molecular formula is C50H93NO5. The molecule has 328 valence electrons. The lowest BCUT2D eigenvalue weighted by Gasteiger charge is -2.24. The lowest BCUT2D eigenvalue weighted by molar-refractivity contribution is -0.151. The number of unbranched alkanes of at least 4 members (excludes halogenated alkanes) is 27. The largest absolute Gasteiger partial charge is 0.462 e. The summed E-state index contributed by atoms with van der Waals surface area (Å²) in [6.45, 7) is 6.34. The summed E-state index contributed by atoms with van der Waals surface area (Å²) in [7, 11) is 0. The number of aliphatic hydroxyl groups is 2. The Labute approximate surface area is 347 Å². The van der Waals surface area contributed by atoms with Gasteiger partial charge in [-0.05, 0) is 44.9 Å². The van der Waals surface area contributed by atoms with Gasteiger partial charge in [-0.15, -0.1) is 0 Å². The van der Waals surface area contributed by atoms with Crippen LogP contribution in [-0.2, 0) is 14.3 Å². The highest BCUT2D eigenvalue weighted by Gasteiger charge is 2.24. The molecule has 0 radical (unpaired) electrons. The van der Waals surface area contributed by atoms with Gasteiger partial charge in [0.1, 0.15) is 6.10 Å². The Bertz CT molecular complexity index is 930. The summed E-state index contributed by atoms with van der Waals surface area (Å²) < 4.78 is 5.91. The van der Waals surface area contributed by atoms with Crippen molar-refractivity contribution in [3.8, 4) is 0 Å². The molecule has 3 atom stereocenters. The maximum absolute atomic E-state index is 13.2. The normalized spacial score (nSPS) is 13.6. The molecule has 0 spiro atoms. The van der Waals surface area contributed by atoms with Crippen LogP contribution in [-0.4, -0.2) is 46.9 Å². The minimum atomic E-state index is -0.787. The summed E-state index contributed by atoms with van der Waals surface area (Å²) in [5.74, 6) is -0.490. The summed E-state index contributed by atoms with van der Waals surface area (Å²) in [6.07, 6.45) is 50.5. The number of hydrogen-bond acceptors (Lipinski definition) is 5. The van der Waals surface area contributed by atoms with Crippen LogP contribution in [0.1, 0.15) is 245 Å². The molecule has 0 aromatic heterocycles. The second-order valence-corrected chi connectivity index (χ2v) is 16.6. The highest BCUT2D eigenvalue weighted by atomic mass is 16.5. The van der Waals surface area contributed by atoms with Gasteiger partial charge in [0.15, 0.2) is 0 Å². The standard InChI is InChI=1S/C50H93NO5/c1-4-7-10-13-16-19-22-25-28-31-34-37-40-43-50(55)56-46(41-38-35-32-29-26-23-20-17-14-11-8-5-2)44-49(54)51-47(45-52)48(53)42-39-36-33-30-27-24-21-18-15-12-9-6-3/h7,10,13,16,19,22,46-48,52-53H,4-6,8-9,11-12,14-15,17-18,20-21,23-45H2,1-3H3,(H,51,54)/b10-7+,16-13+,22-19-. The van der Waals surface area contributed by atoms with Crippen LogP contribution in [0.4, 0.5) is 0 Å². The zero-order valence-corrected chi connectivity index (χ0v) is 37.3. The van der Waals surface area contributed by atoms with Crippen molar-refractivity contribution in [2.24, 2.45) is 0 Å². The van der Waals surface area contributed by atoms with Gasteiger partial charge in [0.05, 0.1) is 25.2 Å². The number of ether oxygens (including phenoxy) is 1. The van der Waals surface area contributed by atoms with Crippen molar-refractivity contribution >= 4 is 11.9 Å². The SMILES string of the molecule is CC/C=C/C=C/C=C\CCCCCCCC(=O)OC(CCCCCCCCCCCCCC)CC(=O)NC(CO)C(O)CCCCCCCCCCCCCC. The van der Waals surface area contributed by atoms with Crippen LogP contribution in [0.3, 0.4) is 0 Å². The van der Waals surface area contributed by atoms with Crippen molar-refractivity contribution in [1.29, 1.82) is 0 Å². The average molecular weight is 788 g/mol. The molecule has 1 amide bonds. The monoisotopic (exact) mass is 788 g/mol. The van der Waals surface area contributed by atoms with Gasteiger partial charge < -0.3 is 20.3 Å². The molecule has 6 heteroatoms. The maximum atomic E-state index is 13.2. The molecule has 6 nitrogen and oxygen atoms in total. The Hall–Kier alpha value is -1.92. The van der Waals surface area contributed by atoms with E-state index in [-0.39, 0.29) is 24.9 Å². The smallest absolute Gasteiger partial charge is 0.306 e. The number of esters is 1. The summed E-state index contributed by atoms with van der Waals surface area (Å²) in [5.41, 5.74) is 0. The Morgan fingerprint density at radius 1 is 0.536 bits per heavy atom. The third-order valence-corrected chi connectivity index (χ3v) is 11.0. The van der Waals surface area contributed by atoms with E-state index in [1.165, 1.54) is 122 Å². The fraction of sp³-hybridized carbons (Fsp3) is 0.840. The molecule has 3 N–H and O–H groups in total. The number of hydrogen-bond donors (Lipinski definition) is 3. The molecule has 0 aliphatic carbocycles. The topological polar surface area (TPSA) is 95.9 Å². The Morgan fingerprint density at radius 2 is 0.964 bits per heavy atom. The van der Waals surface area contributed by atoms with Gasteiger partial charge in [-0.1, -0.05) is 224 Å². The molecule has 0 aromatic rings. The van der Waals surface area contributed by atoms with E-state index in [1.807, 2.05) is 0 Å². The van der Waals surface area contributed by atoms with E-state index in [4.69, 9.17) is 4.74 Å². The summed E-state index contributed by atoms with van der Waals surface area (Å²) in [4.78, 5) is 26.0. The van der Waals surface area contributed by atoms with Crippen LogP contribution in [0, 0.1) is 0 Å². The van der Waals surface area contributed by atoms with Crippen LogP contribution >= 0.6 is 0 Å². The van der Waals surface area contributed by atoms with Gasteiger partial charge >= 0.3 is 5.97 Å². The van der Waals surface area contributed by atoms with Crippen molar-refractivity contribution in [3.05, 3.63) is 36.5 Å². The number of carbonyl (C=O) groups excluding carboxylic acids is 2. The van der Waals surface area contributed by atoms with Crippen LogP contribution in [0.25, 0.3) is 0 Å². The number of amides is 1.